The van der Waals surface area contributed by atoms with Gasteiger partial charge in [-0.25, -0.2) is 0 Å². The predicted octanol–water partition coefficient (Wildman–Crippen LogP) is 3.29. The van der Waals surface area contributed by atoms with Crippen molar-refractivity contribution < 1.29 is 4.74 Å². The van der Waals surface area contributed by atoms with E-state index >= 15 is 0 Å². The molecule has 2 aromatic heterocycles. The van der Waals surface area contributed by atoms with Crippen LogP contribution >= 0.6 is 23.6 Å². The van der Waals surface area contributed by atoms with Gasteiger partial charge in [-0.2, -0.15) is 0 Å². The number of thiocarbonyl (C=S) groups is 1. The van der Waals surface area contributed by atoms with Crippen molar-refractivity contribution in [3.63, 3.8) is 0 Å². The van der Waals surface area contributed by atoms with Crippen molar-refractivity contribution in [1.29, 1.82) is 0 Å². The molecule has 0 spiro atoms. The van der Waals surface area contributed by atoms with Crippen LogP contribution < -0.4 is 5.32 Å². The number of aromatic nitrogens is 1. The van der Waals surface area contributed by atoms with E-state index in [0.29, 0.717) is 0 Å². The molecule has 0 aliphatic carbocycles. The van der Waals surface area contributed by atoms with Gasteiger partial charge < -0.3 is 15.0 Å². The van der Waals surface area contributed by atoms with E-state index in [-0.39, 0.29) is 18.2 Å². The van der Waals surface area contributed by atoms with Crippen molar-refractivity contribution >= 4 is 28.7 Å². The summed E-state index contributed by atoms with van der Waals surface area (Å²) < 4.78 is 5.83. The van der Waals surface area contributed by atoms with Crippen LogP contribution in [0.15, 0.2) is 41.9 Å². The second kappa shape index (κ2) is 6.55. The van der Waals surface area contributed by atoms with Crippen molar-refractivity contribution in [2.24, 2.45) is 0 Å². The van der Waals surface area contributed by atoms with E-state index in [9.17, 15) is 0 Å². The zero-order valence-electron chi connectivity index (χ0n) is 12.7. The number of rotatable bonds is 4. The third-order valence-corrected chi connectivity index (χ3v) is 5.75. The lowest BCUT2D eigenvalue weighted by Crippen LogP contribution is -2.36. The molecule has 2 fully saturated rings. The summed E-state index contributed by atoms with van der Waals surface area (Å²) in [5.74, 6) is 0. The summed E-state index contributed by atoms with van der Waals surface area (Å²) in [7, 11) is 0. The highest BCUT2D eigenvalue weighted by Gasteiger charge is 2.41. The van der Waals surface area contributed by atoms with Gasteiger partial charge >= 0.3 is 0 Å². The van der Waals surface area contributed by atoms with E-state index in [0.717, 1.165) is 36.8 Å². The summed E-state index contributed by atoms with van der Waals surface area (Å²) >= 11 is 7.41. The molecular formula is C17H19N3OS2. The molecule has 2 aliphatic rings. The van der Waals surface area contributed by atoms with Crippen LogP contribution in [0.5, 0.6) is 0 Å². The summed E-state index contributed by atoms with van der Waals surface area (Å²) in [5.41, 5.74) is 1.03. The molecule has 0 bridgehead atoms. The average molecular weight is 345 g/mol. The first-order valence-corrected chi connectivity index (χ1v) is 9.25. The molecule has 4 heterocycles. The summed E-state index contributed by atoms with van der Waals surface area (Å²) in [4.78, 5) is 8.15. The number of ether oxygens (including phenoxy) is 1. The molecule has 2 aromatic rings. The topological polar surface area (TPSA) is 37.4 Å². The molecular weight excluding hydrogens is 326 g/mol. The Kier molecular flexibility index (Phi) is 4.29. The molecule has 4 rings (SSSR count). The van der Waals surface area contributed by atoms with E-state index in [1.165, 1.54) is 4.88 Å². The summed E-state index contributed by atoms with van der Waals surface area (Å²) in [6.07, 6.45) is 4.38. The zero-order valence-corrected chi connectivity index (χ0v) is 14.4. The maximum atomic E-state index is 5.83. The molecule has 4 nitrogen and oxygen atoms in total. The SMILES string of the molecule is S=C1N[C@@H](c2ccccn2)[C@@H](c2cccs2)N1C[C@@H]1CCCO1. The maximum absolute atomic E-state index is 5.83. The minimum atomic E-state index is 0.0868. The number of hydrogen-bond acceptors (Lipinski definition) is 4. The third kappa shape index (κ3) is 2.98. The van der Waals surface area contributed by atoms with Crippen LogP contribution in [0, 0.1) is 0 Å². The zero-order chi connectivity index (χ0) is 15.6. The van der Waals surface area contributed by atoms with Crippen LogP contribution in [-0.4, -0.2) is 34.3 Å². The number of pyridine rings is 1. The van der Waals surface area contributed by atoms with Gasteiger partial charge in [0.1, 0.15) is 0 Å². The Bertz CT molecular complexity index is 656. The van der Waals surface area contributed by atoms with Crippen LogP contribution in [0.25, 0.3) is 0 Å². The van der Waals surface area contributed by atoms with Crippen LogP contribution in [0.2, 0.25) is 0 Å². The highest BCUT2D eigenvalue weighted by atomic mass is 32.1. The highest BCUT2D eigenvalue weighted by molar-refractivity contribution is 7.80. The first kappa shape index (κ1) is 15.1. The average Bonchev–Trinajstić information content (AvgIpc) is 3.31. The molecule has 2 aliphatic heterocycles. The van der Waals surface area contributed by atoms with Crippen molar-refractivity contribution in [2.75, 3.05) is 13.2 Å². The Labute approximate surface area is 145 Å². The maximum Gasteiger partial charge on any atom is 0.170 e. The lowest BCUT2D eigenvalue weighted by molar-refractivity contribution is 0.0846. The standard InChI is InChI=1S/C17H19N3OS2/c22-17-19-15(13-6-1-2-8-18-13)16(14-7-4-10-23-14)20(17)11-12-5-3-9-21-12/h1-2,4,6-8,10,12,15-16H,3,5,9,11H2,(H,19,22)/t12-,15-,16+/m0/s1. The van der Waals surface area contributed by atoms with Crippen LogP contribution in [0.3, 0.4) is 0 Å². The molecule has 0 unspecified atom stereocenters. The minimum Gasteiger partial charge on any atom is -0.376 e. The van der Waals surface area contributed by atoms with Gasteiger partial charge in [0.25, 0.3) is 0 Å². The van der Waals surface area contributed by atoms with Gasteiger partial charge in [0.05, 0.1) is 23.9 Å². The van der Waals surface area contributed by atoms with Gasteiger partial charge in [0, 0.05) is 24.2 Å². The highest BCUT2D eigenvalue weighted by Crippen LogP contribution is 2.40. The van der Waals surface area contributed by atoms with Gasteiger partial charge in [-0.3, -0.25) is 4.98 Å². The van der Waals surface area contributed by atoms with E-state index in [2.05, 4.69) is 38.8 Å². The van der Waals surface area contributed by atoms with Crippen molar-refractivity contribution in [3.05, 3.63) is 52.5 Å². The summed E-state index contributed by atoms with van der Waals surface area (Å²) in [6.45, 7) is 1.71. The van der Waals surface area contributed by atoms with Crippen molar-refractivity contribution in [3.8, 4) is 0 Å². The molecule has 120 valence electrons. The lowest BCUT2D eigenvalue weighted by Gasteiger charge is -2.28. The molecule has 0 saturated carbocycles. The molecule has 0 amide bonds. The second-order valence-electron chi connectivity index (χ2n) is 5.93. The molecule has 1 N–H and O–H groups in total. The number of nitrogens with one attached hydrogen (secondary N) is 1. The quantitative estimate of drug-likeness (QED) is 0.861. The molecule has 0 aromatic carbocycles. The number of hydrogen-bond donors (Lipinski definition) is 1. The number of nitrogens with zero attached hydrogens (tertiary/aromatic N) is 2. The van der Waals surface area contributed by atoms with E-state index in [4.69, 9.17) is 17.0 Å². The van der Waals surface area contributed by atoms with Gasteiger partial charge in [-0.15, -0.1) is 11.3 Å². The van der Waals surface area contributed by atoms with E-state index in [1.54, 1.807) is 11.3 Å². The Balaban J connectivity index is 1.66. The summed E-state index contributed by atoms with van der Waals surface area (Å²) in [6, 6.07) is 10.6. The predicted molar refractivity (Wildman–Crippen MR) is 95.5 cm³/mol. The van der Waals surface area contributed by atoms with Crippen molar-refractivity contribution in [2.45, 2.75) is 31.0 Å². The lowest BCUT2D eigenvalue weighted by atomic mass is 10.0. The monoisotopic (exact) mass is 345 g/mol. The molecule has 3 atom stereocenters. The Hall–Kier alpha value is -1.50. The fraction of sp³-hybridized carbons (Fsp3) is 0.412. The van der Waals surface area contributed by atoms with Crippen LogP contribution in [0.1, 0.15) is 35.5 Å². The first-order chi connectivity index (χ1) is 11.3. The minimum absolute atomic E-state index is 0.0868. The van der Waals surface area contributed by atoms with Gasteiger partial charge in [0.2, 0.25) is 0 Å². The van der Waals surface area contributed by atoms with Crippen LogP contribution in [-0.2, 0) is 4.74 Å². The van der Waals surface area contributed by atoms with Gasteiger partial charge in [0.15, 0.2) is 5.11 Å². The normalized spacial score (nSPS) is 27.4. The Morgan fingerprint density at radius 3 is 3.00 bits per heavy atom. The fourth-order valence-corrected chi connectivity index (χ4v) is 4.57. The smallest absolute Gasteiger partial charge is 0.170 e. The van der Waals surface area contributed by atoms with E-state index < -0.39 is 0 Å². The molecule has 2 saturated heterocycles. The second-order valence-corrected chi connectivity index (χ2v) is 7.30. The summed E-state index contributed by atoms with van der Waals surface area (Å²) in [5, 5.41) is 6.40. The molecule has 6 heteroatoms. The Morgan fingerprint density at radius 2 is 2.30 bits per heavy atom. The van der Waals surface area contributed by atoms with Crippen LogP contribution in [0.4, 0.5) is 0 Å². The number of thiophene rings is 1. The van der Waals surface area contributed by atoms with Gasteiger partial charge in [-0.1, -0.05) is 12.1 Å². The third-order valence-electron chi connectivity index (χ3n) is 4.46. The molecule has 0 radical (unpaired) electrons. The molecule has 23 heavy (non-hydrogen) atoms. The van der Waals surface area contributed by atoms with E-state index in [1.807, 2.05) is 18.3 Å². The Morgan fingerprint density at radius 1 is 1.35 bits per heavy atom. The largest absolute Gasteiger partial charge is 0.376 e. The fourth-order valence-electron chi connectivity index (χ4n) is 3.38. The van der Waals surface area contributed by atoms with Gasteiger partial charge in [-0.05, 0) is 48.6 Å². The first-order valence-electron chi connectivity index (χ1n) is 7.96. The van der Waals surface area contributed by atoms with Crippen molar-refractivity contribution in [1.82, 2.24) is 15.2 Å².